The highest BCUT2D eigenvalue weighted by Crippen LogP contribution is 2.26. The number of aromatic nitrogens is 1. The molecule has 0 aliphatic rings. The lowest BCUT2D eigenvalue weighted by Crippen LogP contribution is -2.09. The van der Waals surface area contributed by atoms with Gasteiger partial charge in [0.2, 0.25) is 0 Å². The number of hydrogen-bond acceptors (Lipinski definition) is 3. The van der Waals surface area contributed by atoms with Gasteiger partial charge >= 0.3 is 0 Å². The van der Waals surface area contributed by atoms with E-state index in [1.54, 1.807) is 23.5 Å². The van der Waals surface area contributed by atoms with Crippen molar-refractivity contribution in [2.45, 2.75) is 26.8 Å². The van der Waals surface area contributed by atoms with E-state index in [0.29, 0.717) is 5.69 Å². The van der Waals surface area contributed by atoms with E-state index in [-0.39, 0.29) is 11.9 Å². The van der Waals surface area contributed by atoms with Gasteiger partial charge in [-0.05, 0) is 32.9 Å². The number of para-hydroxylation sites is 1. The molecule has 0 fully saturated rings. The highest BCUT2D eigenvalue weighted by molar-refractivity contribution is 7.11. The maximum absolute atomic E-state index is 13.5. The average Bonchev–Trinajstić information content (AvgIpc) is 2.61. The summed E-state index contributed by atoms with van der Waals surface area (Å²) >= 11 is 1.67. The molecule has 4 heteroatoms. The quantitative estimate of drug-likeness (QED) is 0.888. The van der Waals surface area contributed by atoms with E-state index in [0.717, 1.165) is 10.7 Å². The van der Waals surface area contributed by atoms with Crippen LogP contribution in [0.25, 0.3) is 0 Å². The third-order valence-corrected chi connectivity index (χ3v) is 3.50. The van der Waals surface area contributed by atoms with E-state index >= 15 is 0 Å². The Kier molecular flexibility index (Phi) is 3.43. The highest BCUT2D eigenvalue weighted by atomic mass is 32.1. The number of aryl methyl sites for hydroxylation is 2. The fourth-order valence-corrected chi connectivity index (χ4v) is 2.74. The summed E-state index contributed by atoms with van der Waals surface area (Å²) in [5.74, 6) is -0.232. The van der Waals surface area contributed by atoms with Crippen LogP contribution in [0.1, 0.15) is 28.5 Å². The topological polar surface area (TPSA) is 24.9 Å². The van der Waals surface area contributed by atoms with Gasteiger partial charge in [-0.25, -0.2) is 9.37 Å². The van der Waals surface area contributed by atoms with Gasteiger partial charge in [-0.1, -0.05) is 12.1 Å². The zero-order chi connectivity index (χ0) is 12.4. The van der Waals surface area contributed by atoms with Gasteiger partial charge in [0.05, 0.1) is 22.4 Å². The molecule has 0 saturated carbocycles. The van der Waals surface area contributed by atoms with Gasteiger partial charge in [0.15, 0.2) is 0 Å². The molecule has 0 spiro atoms. The first kappa shape index (κ1) is 12.0. The van der Waals surface area contributed by atoms with Crippen LogP contribution < -0.4 is 5.32 Å². The Bertz CT molecular complexity index is 522. The van der Waals surface area contributed by atoms with Crippen molar-refractivity contribution in [1.29, 1.82) is 0 Å². The minimum Gasteiger partial charge on any atom is -0.375 e. The maximum atomic E-state index is 13.5. The van der Waals surface area contributed by atoms with Crippen molar-refractivity contribution in [3.63, 3.8) is 0 Å². The van der Waals surface area contributed by atoms with Gasteiger partial charge in [-0.15, -0.1) is 11.3 Å². The van der Waals surface area contributed by atoms with Crippen LogP contribution in [0.4, 0.5) is 10.1 Å². The number of benzene rings is 1. The number of thiazole rings is 1. The second kappa shape index (κ2) is 4.84. The third kappa shape index (κ3) is 2.64. The molecule has 0 bridgehead atoms. The number of halogens is 1. The first-order valence-corrected chi connectivity index (χ1v) is 6.34. The molecule has 0 aliphatic heterocycles. The monoisotopic (exact) mass is 250 g/mol. The van der Waals surface area contributed by atoms with Crippen LogP contribution in [0, 0.1) is 19.7 Å². The molecule has 0 radical (unpaired) electrons. The molecule has 1 N–H and O–H groups in total. The van der Waals surface area contributed by atoms with Crippen LogP contribution in [-0.4, -0.2) is 4.98 Å². The molecule has 2 rings (SSSR count). The van der Waals surface area contributed by atoms with Crippen LogP contribution in [0.2, 0.25) is 0 Å². The van der Waals surface area contributed by atoms with E-state index in [2.05, 4.69) is 10.3 Å². The standard InChI is InChI=1S/C13H15FN2S/c1-8(13-9(2)17-10(3)16-13)15-12-7-5-4-6-11(12)14/h4-8,15H,1-3H3. The molecule has 1 atom stereocenters. The summed E-state index contributed by atoms with van der Waals surface area (Å²) in [4.78, 5) is 5.65. The molecule has 1 aromatic heterocycles. The third-order valence-electron chi connectivity index (χ3n) is 2.60. The number of anilines is 1. The second-order valence-electron chi connectivity index (χ2n) is 4.02. The molecule has 0 aliphatic carbocycles. The normalized spacial score (nSPS) is 12.5. The molecular weight excluding hydrogens is 235 g/mol. The van der Waals surface area contributed by atoms with Gasteiger partial charge in [0, 0.05) is 4.88 Å². The van der Waals surface area contributed by atoms with E-state index in [9.17, 15) is 4.39 Å². The maximum Gasteiger partial charge on any atom is 0.146 e. The van der Waals surface area contributed by atoms with Crippen LogP contribution in [0.5, 0.6) is 0 Å². The number of rotatable bonds is 3. The molecule has 90 valence electrons. The molecule has 17 heavy (non-hydrogen) atoms. The van der Waals surface area contributed by atoms with Crippen molar-refractivity contribution >= 4 is 17.0 Å². The lowest BCUT2D eigenvalue weighted by Gasteiger charge is -2.14. The summed E-state index contributed by atoms with van der Waals surface area (Å²) in [5.41, 5.74) is 1.51. The minimum atomic E-state index is -0.232. The van der Waals surface area contributed by atoms with Crippen molar-refractivity contribution in [2.24, 2.45) is 0 Å². The van der Waals surface area contributed by atoms with Crippen molar-refractivity contribution in [3.05, 3.63) is 45.7 Å². The van der Waals surface area contributed by atoms with Crippen LogP contribution >= 0.6 is 11.3 Å². The lowest BCUT2D eigenvalue weighted by molar-refractivity contribution is 0.627. The van der Waals surface area contributed by atoms with E-state index < -0.39 is 0 Å². The van der Waals surface area contributed by atoms with Crippen molar-refractivity contribution in [3.8, 4) is 0 Å². The zero-order valence-corrected chi connectivity index (χ0v) is 10.9. The summed E-state index contributed by atoms with van der Waals surface area (Å²) in [6.45, 7) is 6.02. The second-order valence-corrected chi connectivity index (χ2v) is 5.43. The lowest BCUT2D eigenvalue weighted by atomic mass is 10.2. The van der Waals surface area contributed by atoms with Crippen LogP contribution in [0.15, 0.2) is 24.3 Å². The summed E-state index contributed by atoms with van der Waals surface area (Å²) < 4.78 is 13.5. The van der Waals surface area contributed by atoms with Crippen molar-refractivity contribution < 1.29 is 4.39 Å². The van der Waals surface area contributed by atoms with Gasteiger partial charge in [0.1, 0.15) is 5.82 Å². The first-order valence-electron chi connectivity index (χ1n) is 5.53. The summed E-state index contributed by atoms with van der Waals surface area (Å²) in [7, 11) is 0. The van der Waals surface area contributed by atoms with E-state index in [1.807, 2.05) is 26.8 Å². The fraction of sp³-hybridized carbons (Fsp3) is 0.308. The summed E-state index contributed by atoms with van der Waals surface area (Å²) in [6, 6.07) is 6.70. The number of hydrogen-bond donors (Lipinski definition) is 1. The largest absolute Gasteiger partial charge is 0.375 e. The van der Waals surface area contributed by atoms with Gasteiger partial charge in [-0.3, -0.25) is 0 Å². The van der Waals surface area contributed by atoms with Gasteiger partial charge < -0.3 is 5.32 Å². The Labute approximate surface area is 105 Å². The average molecular weight is 250 g/mol. The van der Waals surface area contributed by atoms with Crippen LogP contribution in [-0.2, 0) is 0 Å². The van der Waals surface area contributed by atoms with Gasteiger partial charge in [0.25, 0.3) is 0 Å². The number of nitrogens with one attached hydrogen (secondary N) is 1. The Morgan fingerprint density at radius 1 is 1.29 bits per heavy atom. The predicted molar refractivity (Wildman–Crippen MR) is 70.0 cm³/mol. The minimum absolute atomic E-state index is 0.0110. The van der Waals surface area contributed by atoms with Crippen molar-refractivity contribution in [1.82, 2.24) is 4.98 Å². The smallest absolute Gasteiger partial charge is 0.146 e. The Morgan fingerprint density at radius 3 is 2.59 bits per heavy atom. The molecule has 0 saturated heterocycles. The molecule has 1 aromatic carbocycles. The van der Waals surface area contributed by atoms with E-state index in [1.165, 1.54) is 10.9 Å². The SMILES string of the molecule is Cc1nc(C(C)Nc2ccccc2F)c(C)s1. The Morgan fingerprint density at radius 2 is 2.00 bits per heavy atom. The van der Waals surface area contributed by atoms with Crippen molar-refractivity contribution in [2.75, 3.05) is 5.32 Å². The molecular formula is C13H15FN2S. The summed E-state index contributed by atoms with van der Waals surface area (Å²) in [5, 5.41) is 4.19. The fourth-order valence-electron chi connectivity index (χ4n) is 1.83. The Balaban J connectivity index is 2.20. The van der Waals surface area contributed by atoms with E-state index in [4.69, 9.17) is 0 Å². The summed E-state index contributed by atoms with van der Waals surface area (Å²) in [6.07, 6.45) is 0. The van der Waals surface area contributed by atoms with Gasteiger partial charge in [-0.2, -0.15) is 0 Å². The number of nitrogens with zero attached hydrogens (tertiary/aromatic N) is 1. The molecule has 1 heterocycles. The highest BCUT2D eigenvalue weighted by Gasteiger charge is 2.14. The molecule has 0 amide bonds. The first-order chi connectivity index (χ1) is 8.08. The molecule has 2 aromatic rings. The van der Waals surface area contributed by atoms with Crippen LogP contribution in [0.3, 0.4) is 0 Å². The predicted octanol–water partition coefficient (Wildman–Crippen LogP) is 4.07. The Hall–Kier alpha value is -1.42. The molecule has 2 nitrogen and oxygen atoms in total. The zero-order valence-electron chi connectivity index (χ0n) is 10.1. The molecule has 1 unspecified atom stereocenters.